The summed E-state index contributed by atoms with van der Waals surface area (Å²) in [5.41, 5.74) is 26.1. The molecule has 0 amide bonds. The van der Waals surface area contributed by atoms with Gasteiger partial charge in [-0.25, -0.2) is 5.48 Å². The third-order valence-corrected chi connectivity index (χ3v) is 4.31. The van der Waals surface area contributed by atoms with Crippen LogP contribution in [-0.4, -0.2) is 70.5 Å². The van der Waals surface area contributed by atoms with Crippen molar-refractivity contribution in [3.8, 4) is 0 Å². The maximum Gasteiger partial charge on any atom is 0.253 e. The Hall–Kier alpha value is -1.79. The van der Waals surface area contributed by atoms with Crippen molar-refractivity contribution in [1.82, 2.24) is 15.0 Å². The van der Waals surface area contributed by atoms with Gasteiger partial charge in [0.15, 0.2) is 0 Å². The Morgan fingerprint density at radius 1 is 0.750 bits per heavy atom. The number of rotatable bonds is 3. The molecule has 11 nitrogen and oxygen atoms in total. The molecule has 0 aliphatic carbocycles. The lowest BCUT2D eigenvalue weighted by Gasteiger charge is -2.36. The van der Waals surface area contributed by atoms with Crippen molar-refractivity contribution in [2.75, 3.05) is 41.5 Å². The second-order valence-electron chi connectivity index (χ2n) is 6.69. The zero-order chi connectivity index (χ0) is 17.3. The Morgan fingerprint density at radius 2 is 1.12 bits per heavy atom. The maximum atomic E-state index is 9.25. The number of nitrogens with zero attached hydrogens (tertiary/aromatic N) is 5. The quantitative estimate of drug-likeness (QED) is 0.318. The van der Waals surface area contributed by atoms with Crippen molar-refractivity contribution in [3.05, 3.63) is 0 Å². The third-order valence-electron chi connectivity index (χ3n) is 4.31. The predicted octanol–water partition coefficient (Wildman–Crippen LogP) is -2.60. The van der Waals surface area contributed by atoms with Crippen molar-refractivity contribution in [2.24, 2.45) is 22.9 Å². The van der Waals surface area contributed by atoms with E-state index in [4.69, 9.17) is 22.9 Å². The highest BCUT2D eigenvalue weighted by Gasteiger charge is 2.28. The van der Waals surface area contributed by atoms with E-state index in [1.807, 2.05) is 15.3 Å². The minimum Gasteiger partial charge on any atom is -0.338 e. The molecule has 0 aromatic carbocycles. The van der Waals surface area contributed by atoms with Crippen LogP contribution >= 0.6 is 0 Å². The number of anilines is 3. The van der Waals surface area contributed by atoms with E-state index in [1.54, 1.807) is 0 Å². The SMILES string of the molecule is NC1CC(N)CN(c2nc(NO)nc(N3CC(N)CC(N)C3)n2)C1. The van der Waals surface area contributed by atoms with E-state index in [-0.39, 0.29) is 30.1 Å². The molecule has 10 N–H and O–H groups in total. The van der Waals surface area contributed by atoms with Crippen LogP contribution in [0.15, 0.2) is 0 Å². The summed E-state index contributed by atoms with van der Waals surface area (Å²) in [7, 11) is 0. The first-order valence-electron chi connectivity index (χ1n) is 8.13. The van der Waals surface area contributed by atoms with Crippen LogP contribution in [0.4, 0.5) is 17.8 Å². The number of hydrogen-bond acceptors (Lipinski definition) is 11. The van der Waals surface area contributed by atoms with E-state index in [0.29, 0.717) is 38.1 Å². The molecule has 0 spiro atoms. The van der Waals surface area contributed by atoms with Gasteiger partial charge in [-0.1, -0.05) is 0 Å². The van der Waals surface area contributed by atoms with Crippen LogP contribution in [0.5, 0.6) is 0 Å². The first kappa shape index (κ1) is 17.0. The number of piperidine rings is 2. The average molecular weight is 338 g/mol. The first-order chi connectivity index (χ1) is 11.4. The highest BCUT2D eigenvalue weighted by molar-refractivity contribution is 5.45. The number of nitrogens with two attached hydrogens (primary N) is 4. The third kappa shape index (κ3) is 3.82. The summed E-state index contributed by atoms with van der Waals surface area (Å²) in [4.78, 5) is 16.8. The highest BCUT2D eigenvalue weighted by atomic mass is 16.5. The maximum absolute atomic E-state index is 9.25. The molecule has 2 saturated heterocycles. The van der Waals surface area contributed by atoms with Crippen LogP contribution < -0.4 is 38.2 Å². The van der Waals surface area contributed by atoms with Gasteiger partial charge in [-0.05, 0) is 12.8 Å². The summed E-state index contributed by atoms with van der Waals surface area (Å²) >= 11 is 0. The molecule has 0 saturated carbocycles. The van der Waals surface area contributed by atoms with Crippen LogP contribution in [0.25, 0.3) is 0 Å². The van der Waals surface area contributed by atoms with E-state index in [2.05, 4.69) is 15.0 Å². The molecule has 11 heteroatoms. The van der Waals surface area contributed by atoms with Gasteiger partial charge < -0.3 is 32.7 Å². The average Bonchev–Trinajstić information content (AvgIpc) is 2.52. The van der Waals surface area contributed by atoms with E-state index < -0.39 is 0 Å². The topological polar surface area (TPSA) is 181 Å². The van der Waals surface area contributed by atoms with Crippen molar-refractivity contribution in [2.45, 2.75) is 37.0 Å². The predicted molar refractivity (Wildman–Crippen MR) is 90.8 cm³/mol. The molecule has 1 aromatic heterocycles. The molecule has 3 rings (SSSR count). The van der Waals surface area contributed by atoms with Crippen LogP contribution in [0.1, 0.15) is 12.8 Å². The highest BCUT2D eigenvalue weighted by Crippen LogP contribution is 2.21. The van der Waals surface area contributed by atoms with Gasteiger partial charge in [0.05, 0.1) is 0 Å². The van der Waals surface area contributed by atoms with Gasteiger partial charge in [0.1, 0.15) is 0 Å². The summed E-state index contributed by atoms with van der Waals surface area (Å²) in [5, 5.41) is 9.25. The summed E-state index contributed by atoms with van der Waals surface area (Å²) < 4.78 is 0. The fraction of sp³-hybridized carbons (Fsp3) is 0.769. The van der Waals surface area contributed by atoms with Gasteiger partial charge >= 0.3 is 0 Å². The molecule has 0 bridgehead atoms. The molecular formula is C13H26N10O. The summed E-state index contributed by atoms with van der Waals surface area (Å²) in [6, 6.07) is -0.180. The second kappa shape index (κ2) is 6.99. The van der Waals surface area contributed by atoms with Crippen LogP contribution in [-0.2, 0) is 0 Å². The lowest BCUT2D eigenvalue weighted by Crippen LogP contribution is -2.54. The minimum atomic E-state index is -0.0451. The summed E-state index contributed by atoms with van der Waals surface area (Å²) in [6.45, 7) is 2.39. The van der Waals surface area contributed by atoms with Gasteiger partial charge in [0.25, 0.3) is 5.95 Å². The monoisotopic (exact) mass is 338 g/mol. The fourth-order valence-electron chi connectivity index (χ4n) is 3.37. The molecule has 4 atom stereocenters. The first-order valence-corrected chi connectivity index (χ1v) is 8.13. The van der Waals surface area contributed by atoms with Crippen molar-refractivity contribution in [3.63, 3.8) is 0 Å². The summed E-state index contributed by atoms with van der Waals surface area (Å²) in [6.07, 6.45) is 1.52. The normalized spacial score (nSPS) is 31.2. The molecule has 2 aliphatic rings. The Morgan fingerprint density at radius 3 is 1.46 bits per heavy atom. The van der Waals surface area contributed by atoms with Gasteiger partial charge in [0, 0.05) is 50.3 Å². The number of nitrogens with one attached hydrogen (secondary N) is 1. The minimum absolute atomic E-state index is 0.0451. The van der Waals surface area contributed by atoms with Crippen molar-refractivity contribution < 1.29 is 5.21 Å². The molecule has 1 aromatic rings. The largest absolute Gasteiger partial charge is 0.338 e. The molecule has 0 radical (unpaired) electrons. The van der Waals surface area contributed by atoms with Crippen molar-refractivity contribution >= 4 is 17.8 Å². The zero-order valence-electron chi connectivity index (χ0n) is 13.5. The Labute approximate surface area is 140 Å². The van der Waals surface area contributed by atoms with Gasteiger partial charge in [-0.2, -0.15) is 15.0 Å². The van der Waals surface area contributed by atoms with Crippen LogP contribution in [0, 0.1) is 0 Å². The van der Waals surface area contributed by atoms with Gasteiger partial charge in [-0.3, -0.25) is 5.21 Å². The van der Waals surface area contributed by atoms with E-state index in [0.717, 1.165) is 12.8 Å². The van der Waals surface area contributed by atoms with Crippen LogP contribution in [0.3, 0.4) is 0 Å². The zero-order valence-corrected chi connectivity index (χ0v) is 13.5. The molecule has 24 heavy (non-hydrogen) atoms. The number of aromatic nitrogens is 3. The molecule has 2 aliphatic heterocycles. The van der Waals surface area contributed by atoms with Crippen molar-refractivity contribution in [1.29, 1.82) is 0 Å². The van der Waals surface area contributed by atoms with E-state index in [1.165, 1.54) is 0 Å². The van der Waals surface area contributed by atoms with E-state index >= 15 is 0 Å². The molecule has 4 unspecified atom stereocenters. The van der Waals surface area contributed by atoms with Gasteiger partial charge in [-0.15, -0.1) is 0 Å². The molecular weight excluding hydrogens is 312 g/mol. The second-order valence-corrected chi connectivity index (χ2v) is 6.69. The van der Waals surface area contributed by atoms with E-state index in [9.17, 15) is 5.21 Å². The number of hydrogen-bond donors (Lipinski definition) is 6. The molecule has 3 heterocycles. The Bertz CT molecular complexity index is 507. The lowest BCUT2D eigenvalue weighted by molar-refractivity contribution is 0.381. The summed E-state index contributed by atoms with van der Waals surface area (Å²) in [5.74, 6) is 0.917. The van der Waals surface area contributed by atoms with Crippen LogP contribution in [0.2, 0.25) is 0 Å². The molecule has 134 valence electrons. The van der Waals surface area contributed by atoms with Gasteiger partial charge in [0.2, 0.25) is 11.9 Å². The smallest absolute Gasteiger partial charge is 0.253 e. The molecule has 2 fully saturated rings. The lowest BCUT2D eigenvalue weighted by atomic mass is 10.0. The Balaban J connectivity index is 1.88. The Kier molecular flexibility index (Phi) is 4.96. The fourth-order valence-corrected chi connectivity index (χ4v) is 3.37. The standard InChI is InChI=1S/C13H26N10O/c14-7-1-8(15)4-22(3-7)12-18-11(21-24)19-13(20-12)23-5-9(16)2-10(17)6-23/h7-10,24H,1-6,14-17H2,(H,18,19,20,21).